The molecule has 2 amide bonds. The van der Waals surface area contributed by atoms with Crippen LogP contribution < -0.4 is 4.90 Å². The molecule has 23 heavy (non-hydrogen) atoms. The van der Waals surface area contributed by atoms with Crippen molar-refractivity contribution in [3.63, 3.8) is 0 Å². The van der Waals surface area contributed by atoms with Gasteiger partial charge in [0.1, 0.15) is 5.82 Å². The summed E-state index contributed by atoms with van der Waals surface area (Å²) in [4.78, 5) is 24.3. The van der Waals surface area contributed by atoms with Crippen molar-refractivity contribution in [2.75, 3.05) is 4.90 Å². The summed E-state index contributed by atoms with van der Waals surface area (Å²) in [5.74, 6) is -1.50. The Balaban J connectivity index is 2.22. The summed E-state index contributed by atoms with van der Waals surface area (Å²) >= 11 is 11.6. The molecule has 0 atom stereocenters. The van der Waals surface area contributed by atoms with Crippen molar-refractivity contribution in [1.29, 1.82) is 0 Å². The molecule has 1 aliphatic heterocycles. The van der Waals surface area contributed by atoms with Crippen LogP contribution in [0.4, 0.5) is 14.9 Å². The Morgan fingerprint density at radius 1 is 1.22 bits per heavy atom. The van der Waals surface area contributed by atoms with E-state index in [4.69, 9.17) is 23.2 Å². The molecule has 2 aromatic carbocycles. The first-order valence-corrected chi connectivity index (χ1v) is 7.18. The van der Waals surface area contributed by atoms with Gasteiger partial charge >= 0.3 is 6.09 Å². The van der Waals surface area contributed by atoms with Crippen LogP contribution in [0.1, 0.15) is 11.1 Å². The molecule has 2 aromatic rings. The molecular weight excluding hydrogens is 344 g/mol. The second-order valence-electron chi connectivity index (χ2n) is 4.82. The van der Waals surface area contributed by atoms with Gasteiger partial charge in [-0.05, 0) is 35.9 Å². The largest absolute Gasteiger partial charge is 0.464 e. The molecule has 0 aromatic heterocycles. The van der Waals surface area contributed by atoms with Crippen molar-refractivity contribution in [2.24, 2.45) is 0 Å². The fourth-order valence-electron chi connectivity index (χ4n) is 2.37. The highest BCUT2D eigenvalue weighted by Gasteiger charge is 2.37. The maximum atomic E-state index is 13.7. The van der Waals surface area contributed by atoms with Crippen molar-refractivity contribution in [3.8, 4) is 0 Å². The van der Waals surface area contributed by atoms with Crippen LogP contribution >= 0.6 is 23.2 Å². The predicted molar refractivity (Wildman–Crippen MR) is 86.2 cm³/mol. The molecule has 0 bridgehead atoms. The topological polar surface area (TPSA) is 57.6 Å². The van der Waals surface area contributed by atoms with E-state index < -0.39 is 17.8 Å². The Bertz CT molecular complexity index is 880. The van der Waals surface area contributed by atoms with Crippen molar-refractivity contribution in [2.45, 2.75) is 0 Å². The van der Waals surface area contributed by atoms with Crippen molar-refractivity contribution >= 4 is 52.5 Å². The molecule has 1 N–H and O–H groups in total. The normalized spacial score (nSPS) is 15.2. The third-order valence-electron chi connectivity index (χ3n) is 3.35. The van der Waals surface area contributed by atoms with E-state index in [-0.39, 0.29) is 21.8 Å². The lowest BCUT2D eigenvalue weighted by molar-refractivity contribution is -0.112. The third-order valence-corrected chi connectivity index (χ3v) is 3.88. The zero-order valence-electron chi connectivity index (χ0n) is 11.4. The quantitative estimate of drug-likeness (QED) is 0.757. The number of halogens is 3. The lowest BCUT2D eigenvalue weighted by Gasteiger charge is -2.10. The molecule has 7 heteroatoms. The fourth-order valence-corrected chi connectivity index (χ4v) is 2.73. The summed E-state index contributed by atoms with van der Waals surface area (Å²) in [6.45, 7) is 0. The molecule has 0 saturated carbocycles. The second kappa shape index (κ2) is 5.68. The van der Waals surface area contributed by atoms with Crippen LogP contribution in [0.5, 0.6) is 0 Å². The first-order valence-electron chi connectivity index (χ1n) is 6.42. The van der Waals surface area contributed by atoms with E-state index >= 15 is 0 Å². The van der Waals surface area contributed by atoms with Gasteiger partial charge in [-0.3, -0.25) is 4.79 Å². The van der Waals surface area contributed by atoms with Crippen LogP contribution in [0.3, 0.4) is 0 Å². The minimum absolute atomic E-state index is 0.0298. The molecule has 0 unspecified atom stereocenters. The van der Waals surface area contributed by atoms with E-state index in [0.717, 1.165) is 12.1 Å². The minimum Gasteiger partial charge on any atom is -0.464 e. The number of hydrogen-bond acceptors (Lipinski definition) is 2. The summed E-state index contributed by atoms with van der Waals surface area (Å²) in [5.41, 5.74) is 0.844. The number of hydrogen-bond donors (Lipinski definition) is 1. The van der Waals surface area contributed by atoms with Gasteiger partial charge in [0.15, 0.2) is 0 Å². The van der Waals surface area contributed by atoms with Crippen LogP contribution in [0.2, 0.25) is 10.0 Å². The number of rotatable bonds is 1. The summed E-state index contributed by atoms with van der Waals surface area (Å²) in [6.07, 6.45) is -0.00279. The summed E-state index contributed by atoms with van der Waals surface area (Å²) in [6, 6.07) is 8.83. The van der Waals surface area contributed by atoms with Gasteiger partial charge in [0.25, 0.3) is 5.91 Å². The van der Waals surface area contributed by atoms with Gasteiger partial charge in [-0.25, -0.2) is 14.1 Å². The zero-order valence-corrected chi connectivity index (χ0v) is 12.9. The lowest BCUT2D eigenvalue weighted by Crippen LogP contribution is -2.31. The molecule has 4 nitrogen and oxygen atoms in total. The van der Waals surface area contributed by atoms with Crippen molar-refractivity contribution in [1.82, 2.24) is 0 Å². The highest BCUT2D eigenvalue weighted by atomic mass is 35.5. The average Bonchev–Trinajstić information content (AvgIpc) is 2.72. The van der Waals surface area contributed by atoms with Gasteiger partial charge in [0.2, 0.25) is 0 Å². The van der Waals surface area contributed by atoms with Gasteiger partial charge in [-0.15, -0.1) is 0 Å². The van der Waals surface area contributed by atoms with Crippen LogP contribution in [0.15, 0.2) is 36.4 Å². The number of anilines is 1. The molecule has 0 fully saturated rings. The first-order chi connectivity index (χ1) is 10.9. The van der Waals surface area contributed by atoms with Crippen LogP contribution in [0.25, 0.3) is 11.6 Å². The number of fused-ring (bicyclic) bond motifs is 1. The van der Waals surface area contributed by atoms with Crippen LogP contribution in [-0.4, -0.2) is 17.1 Å². The van der Waals surface area contributed by atoms with E-state index in [1.165, 1.54) is 6.08 Å². The molecule has 3 rings (SSSR count). The standard InChI is InChI=1S/C16H8Cl2FNO3/c17-9-3-1-2-8(4-9)5-11-10-6-13(19)12(18)7-14(10)20(15(11)21)16(22)23/h1-7H,(H,22,23)/b11-5+. The van der Waals surface area contributed by atoms with Crippen LogP contribution in [-0.2, 0) is 4.79 Å². The van der Waals surface area contributed by atoms with E-state index in [2.05, 4.69) is 0 Å². The number of amides is 2. The number of carbonyl (C=O) groups excluding carboxylic acids is 1. The molecule has 1 aliphatic rings. The monoisotopic (exact) mass is 351 g/mol. The van der Waals surface area contributed by atoms with Crippen LogP contribution in [0, 0.1) is 5.82 Å². The number of nitrogens with zero attached hydrogens (tertiary/aromatic N) is 1. The Morgan fingerprint density at radius 3 is 2.61 bits per heavy atom. The Kier molecular flexibility index (Phi) is 3.83. The molecule has 1 heterocycles. The SMILES string of the molecule is O=C(O)N1C(=O)/C(=C/c2cccc(Cl)c2)c2cc(F)c(Cl)cc21. The maximum absolute atomic E-state index is 13.7. The number of carbonyl (C=O) groups is 2. The summed E-state index contributed by atoms with van der Waals surface area (Å²) in [5, 5.41) is 9.44. The third kappa shape index (κ3) is 2.69. The fraction of sp³-hybridized carbons (Fsp3) is 0. The second-order valence-corrected chi connectivity index (χ2v) is 5.66. The molecule has 0 aliphatic carbocycles. The number of carboxylic acid groups (broad SMARTS) is 1. The Hall–Kier alpha value is -2.37. The predicted octanol–water partition coefficient (Wildman–Crippen LogP) is 4.70. The first kappa shape index (κ1) is 15.5. The molecule has 0 radical (unpaired) electrons. The Labute approximate surface area is 140 Å². The van der Waals surface area contributed by atoms with Gasteiger partial charge in [-0.2, -0.15) is 0 Å². The molecular formula is C16H8Cl2FNO3. The highest BCUT2D eigenvalue weighted by Crippen LogP contribution is 2.40. The molecule has 0 spiro atoms. The van der Waals surface area contributed by atoms with E-state index in [0.29, 0.717) is 15.5 Å². The van der Waals surface area contributed by atoms with E-state index in [1.807, 2.05) is 0 Å². The average molecular weight is 352 g/mol. The highest BCUT2D eigenvalue weighted by molar-refractivity contribution is 6.42. The lowest BCUT2D eigenvalue weighted by atomic mass is 10.0. The maximum Gasteiger partial charge on any atom is 0.419 e. The zero-order chi connectivity index (χ0) is 16.7. The molecule has 116 valence electrons. The minimum atomic E-state index is -1.46. The van der Waals surface area contributed by atoms with E-state index in [1.54, 1.807) is 24.3 Å². The Morgan fingerprint density at radius 2 is 1.96 bits per heavy atom. The van der Waals surface area contributed by atoms with Crippen molar-refractivity contribution in [3.05, 3.63) is 63.4 Å². The van der Waals surface area contributed by atoms with Gasteiger partial charge < -0.3 is 5.11 Å². The summed E-state index contributed by atoms with van der Waals surface area (Å²) < 4.78 is 13.7. The van der Waals surface area contributed by atoms with Gasteiger partial charge in [-0.1, -0.05) is 35.3 Å². The van der Waals surface area contributed by atoms with E-state index in [9.17, 15) is 19.1 Å². The van der Waals surface area contributed by atoms with Crippen molar-refractivity contribution < 1.29 is 19.1 Å². The van der Waals surface area contributed by atoms with Gasteiger partial charge in [0, 0.05) is 10.6 Å². The number of benzene rings is 2. The summed E-state index contributed by atoms with van der Waals surface area (Å²) in [7, 11) is 0. The molecule has 0 saturated heterocycles. The smallest absolute Gasteiger partial charge is 0.419 e. The number of imide groups is 1. The van der Waals surface area contributed by atoms with Gasteiger partial charge in [0.05, 0.1) is 16.3 Å².